The van der Waals surface area contributed by atoms with Crippen molar-refractivity contribution in [1.29, 1.82) is 0 Å². The van der Waals surface area contributed by atoms with E-state index in [1.54, 1.807) is 19.9 Å². The summed E-state index contributed by atoms with van der Waals surface area (Å²) in [6.07, 6.45) is 2.09. The molecule has 2 heterocycles. The van der Waals surface area contributed by atoms with Crippen molar-refractivity contribution < 1.29 is 14.1 Å². The van der Waals surface area contributed by atoms with Gasteiger partial charge in [0.25, 0.3) is 0 Å². The fourth-order valence-corrected chi connectivity index (χ4v) is 3.54. The molecule has 0 aromatic carbocycles. The molecule has 0 spiro atoms. The zero-order chi connectivity index (χ0) is 18.2. The van der Waals surface area contributed by atoms with Crippen LogP contribution in [0.25, 0.3) is 0 Å². The van der Waals surface area contributed by atoms with E-state index in [1.807, 2.05) is 4.90 Å². The second-order valence-electron chi connectivity index (χ2n) is 6.40. The van der Waals surface area contributed by atoms with Gasteiger partial charge in [-0.15, -0.1) is 24.2 Å². The van der Waals surface area contributed by atoms with Crippen LogP contribution in [-0.4, -0.2) is 59.1 Å². The third-order valence-electron chi connectivity index (χ3n) is 4.36. The molecule has 7 nitrogen and oxygen atoms in total. The lowest BCUT2D eigenvalue weighted by Crippen LogP contribution is -2.41. The number of carbonyl (C=O) groups is 2. The SMILES string of the molecule is CCNCC1CCN(C(=O)CSC(C)C(=O)Nc2cc(C)on2)CC1.Cl. The number of hydrogen-bond acceptors (Lipinski definition) is 6. The predicted octanol–water partition coefficient (Wildman–Crippen LogP) is 2.31. The lowest BCUT2D eigenvalue weighted by Gasteiger charge is -2.32. The van der Waals surface area contributed by atoms with Gasteiger partial charge in [-0.05, 0) is 45.7 Å². The Labute approximate surface area is 165 Å². The Morgan fingerprint density at radius 3 is 2.69 bits per heavy atom. The highest BCUT2D eigenvalue weighted by Crippen LogP contribution is 2.19. The Kier molecular flexibility index (Phi) is 10.0. The number of nitrogens with one attached hydrogen (secondary N) is 2. The minimum atomic E-state index is -0.327. The smallest absolute Gasteiger partial charge is 0.238 e. The van der Waals surface area contributed by atoms with Gasteiger partial charge in [0.2, 0.25) is 11.8 Å². The fraction of sp³-hybridized carbons (Fsp3) is 0.706. The summed E-state index contributed by atoms with van der Waals surface area (Å²) in [7, 11) is 0. The van der Waals surface area contributed by atoms with Crippen LogP contribution in [-0.2, 0) is 9.59 Å². The Morgan fingerprint density at radius 1 is 1.42 bits per heavy atom. The minimum Gasteiger partial charge on any atom is -0.360 e. The minimum absolute atomic E-state index is 0. The van der Waals surface area contributed by atoms with E-state index in [4.69, 9.17) is 4.52 Å². The summed E-state index contributed by atoms with van der Waals surface area (Å²) in [5, 5.41) is 9.48. The number of aromatic nitrogens is 1. The first kappa shape index (κ1) is 22.8. The average Bonchev–Trinajstić information content (AvgIpc) is 3.02. The van der Waals surface area contributed by atoms with Gasteiger partial charge in [0.15, 0.2) is 5.82 Å². The van der Waals surface area contributed by atoms with Crippen molar-refractivity contribution >= 4 is 41.8 Å². The highest BCUT2D eigenvalue weighted by molar-refractivity contribution is 8.01. The molecule has 0 saturated carbocycles. The lowest BCUT2D eigenvalue weighted by molar-refractivity contribution is -0.129. The summed E-state index contributed by atoms with van der Waals surface area (Å²) in [5.74, 6) is 1.98. The van der Waals surface area contributed by atoms with E-state index in [9.17, 15) is 9.59 Å². The first-order valence-electron chi connectivity index (χ1n) is 8.83. The Bertz CT molecular complexity index is 576. The molecular weight excluding hydrogens is 376 g/mol. The van der Waals surface area contributed by atoms with Gasteiger partial charge in [0, 0.05) is 19.2 Å². The van der Waals surface area contributed by atoms with Crippen molar-refractivity contribution in [2.75, 3.05) is 37.2 Å². The summed E-state index contributed by atoms with van der Waals surface area (Å²) < 4.78 is 4.92. The van der Waals surface area contributed by atoms with Crippen molar-refractivity contribution in [3.05, 3.63) is 11.8 Å². The van der Waals surface area contributed by atoms with Crippen LogP contribution in [0.3, 0.4) is 0 Å². The summed E-state index contributed by atoms with van der Waals surface area (Å²) in [6.45, 7) is 9.32. The zero-order valence-corrected chi connectivity index (χ0v) is 17.3. The van der Waals surface area contributed by atoms with E-state index in [-0.39, 0.29) is 29.5 Å². The molecule has 1 atom stereocenters. The molecule has 9 heteroatoms. The van der Waals surface area contributed by atoms with Gasteiger partial charge in [-0.3, -0.25) is 9.59 Å². The maximum Gasteiger partial charge on any atom is 0.238 e. The Hall–Kier alpha value is -1.25. The van der Waals surface area contributed by atoms with Crippen LogP contribution in [0.4, 0.5) is 5.82 Å². The number of likely N-dealkylation sites (tertiary alicyclic amines) is 1. The molecule has 2 rings (SSSR count). The number of carbonyl (C=O) groups excluding carboxylic acids is 2. The monoisotopic (exact) mass is 404 g/mol. The number of hydrogen-bond donors (Lipinski definition) is 2. The quantitative estimate of drug-likeness (QED) is 0.691. The maximum atomic E-state index is 12.3. The molecule has 1 saturated heterocycles. The maximum absolute atomic E-state index is 12.3. The number of amides is 2. The van der Waals surface area contributed by atoms with Crippen molar-refractivity contribution in [2.24, 2.45) is 5.92 Å². The first-order chi connectivity index (χ1) is 12.0. The Balaban J connectivity index is 0.00000338. The number of rotatable bonds is 8. The van der Waals surface area contributed by atoms with Crippen LogP contribution in [0.5, 0.6) is 0 Å². The lowest BCUT2D eigenvalue weighted by atomic mass is 9.97. The van der Waals surface area contributed by atoms with Gasteiger partial charge >= 0.3 is 0 Å². The molecule has 26 heavy (non-hydrogen) atoms. The van der Waals surface area contributed by atoms with Gasteiger partial charge in [-0.25, -0.2) is 0 Å². The van der Waals surface area contributed by atoms with E-state index in [1.165, 1.54) is 11.8 Å². The van der Waals surface area contributed by atoms with E-state index in [2.05, 4.69) is 22.7 Å². The van der Waals surface area contributed by atoms with Crippen molar-refractivity contribution in [3.8, 4) is 0 Å². The van der Waals surface area contributed by atoms with Crippen molar-refractivity contribution in [3.63, 3.8) is 0 Å². The topological polar surface area (TPSA) is 87.5 Å². The standard InChI is InChI=1S/C17H28N4O3S.ClH/c1-4-18-10-14-5-7-21(8-6-14)16(22)11-25-13(3)17(23)19-15-9-12(2)24-20-15;/h9,13-14,18H,4-8,10-11H2,1-3H3,(H,19,20,23);1H. The van der Waals surface area contributed by atoms with Crippen LogP contribution in [0.15, 0.2) is 10.6 Å². The summed E-state index contributed by atoms with van der Waals surface area (Å²) in [4.78, 5) is 26.4. The number of piperidine rings is 1. The zero-order valence-electron chi connectivity index (χ0n) is 15.6. The van der Waals surface area contributed by atoms with Gasteiger partial charge in [0.1, 0.15) is 5.76 Å². The van der Waals surface area contributed by atoms with Gasteiger partial charge < -0.3 is 20.1 Å². The van der Waals surface area contributed by atoms with Crippen molar-refractivity contribution in [2.45, 2.75) is 38.9 Å². The second kappa shape index (κ2) is 11.5. The van der Waals surface area contributed by atoms with Gasteiger partial charge in [0.05, 0.1) is 11.0 Å². The van der Waals surface area contributed by atoms with Crippen LogP contribution in [0.2, 0.25) is 0 Å². The predicted molar refractivity (Wildman–Crippen MR) is 107 cm³/mol. The summed E-state index contributed by atoms with van der Waals surface area (Å²) in [6, 6.07) is 1.66. The van der Waals surface area contributed by atoms with E-state index in [0.29, 0.717) is 23.2 Å². The normalized spacial score (nSPS) is 16.0. The summed E-state index contributed by atoms with van der Waals surface area (Å²) in [5.41, 5.74) is 0. The van der Waals surface area contributed by atoms with Crippen LogP contribution in [0.1, 0.15) is 32.4 Å². The van der Waals surface area contributed by atoms with E-state index in [0.717, 1.165) is 39.0 Å². The molecule has 2 N–H and O–H groups in total. The molecule has 1 aromatic rings. The molecule has 1 unspecified atom stereocenters. The molecule has 0 aliphatic carbocycles. The van der Waals surface area contributed by atoms with Crippen LogP contribution >= 0.6 is 24.2 Å². The highest BCUT2D eigenvalue weighted by atomic mass is 35.5. The molecular formula is C17H29ClN4O3S. The molecule has 0 bridgehead atoms. The molecule has 0 radical (unpaired) electrons. The third kappa shape index (κ3) is 7.17. The number of halogens is 1. The van der Waals surface area contributed by atoms with Gasteiger partial charge in [-0.1, -0.05) is 12.1 Å². The molecule has 1 aromatic heterocycles. The number of aryl methyl sites for hydroxylation is 1. The summed E-state index contributed by atoms with van der Waals surface area (Å²) >= 11 is 1.35. The Morgan fingerprint density at radius 2 is 2.12 bits per heavy atom. The van der Waals surface area contributed by atoms with E-state index < -0.39 is 0 Å². The molecule has 1 fully saturated rings. The molecule has 1 aliphatic rings. The van der Waals surface area contributed by atoms with Crippen LogP contribution < -0.4 is 10.6 Å². The van der Waals surface area contributed by atoms with Crippen LogP contribution in [0, 0.1) is 12.8 Å². The molecule has 2 amide bonds. The van der Waals surface area contributed by atoms with E-state index >= 15 is 0 Å². The number of anilines is 1. The number of nitrogens with zero attached hydrogens (tertiary/aromatic N) is 2. The average molecular weight is 405 g/mol. The largest absolute Gasteiger partial charge is 0.360 e. The first-order valence-corrected chi connectivity index (χ1v) is 9.88. The fourth-order valence-electron chi connectivity index (χ4n) is 2.75. The number of thioether (sulfide) groups is 1. The second-order valence-corrected chi connectivity index (χ2v) is 7.73. The molecule has 148 valence electrons. The van der Waals surface area contributed by atoms with Gasteiger partial charge in [-0.2, -0.15) is 0 Å². The van der Waals surface area contributed by atoms with Crippen molar-refractivity contribution in [1.82, 2.24) is 15.4 Å². The highest BCUT2D eigenvalue weighted by Gasteiger charge is 2.24. The molecule has 1 aliphatic heterocycles. The third-order valence-corrected chi connectivity index (χ3v) is 5.48.